The standard InChI is InChI=1S/C32H35F2N9O/c1-30(2,3)17-36-27-22-14-20(13-19(15-35)25(22)37-18-38-27)39-26(24-16-43(41-40-24)32(10-11-32)29(33)34)31(4)9-6-7-21-23(31)8-12-42(5)28(21)44/h6-8,12-14,16,18,26,29,39H,9-11,17H2,1-5H3,(H,36,37,38)/t26-,31?/m1/s1. The van der Waals surface area contributed by atoms with Gasteiger partial charge in [-0.2, -0.15) is 5.26 Å². The van der Waals surface area contributed by atoms with E-state index in [9.17, 15) is 18.8 Å². The molecule has 3 aromatic heterocycles. The monoisotopic (exact) mass is 599 g/mol. The van der Waals surface area contributed by atoms with Crippen molar-refractivity contribution in [1.82, 2.24) is 29.5 Å². The van der Waals surface area contributed by atoms with Crippen LogP contribution in [0.3, 0.4) is 0 Å². The smallest absolute Gasteiger partial charge is 0.263 e. The Hall–Kier alpha value is -4.66. The largest absolute Gasteiger partial charge is 0.376 e. The normalized spacial score (nSPS) is 19.4. The van der Waals surface area contributed by atoms with Crippen LogP contribution in [0.5, 0.6) is 0 Å². The topological polar surface area (TPSA) is 126 Å². The van der Waals surface area contributed by atoms with E-state index in [4.69, 9.17) is 0 Å². The van der Waals surface area contributed by atoms with E-state index in [-0.39, 0.29) is 11.0 Å². The maximum absolute atomic E-state index is 14.0. The van der Waals surface area contributed by atoms with Gasteiger partial charge in [0.15, 0.2) is 0 Å². The number of alkyl halides is 2. The highest BCUT2D eigenvalue weighted by Crippen LogP contribution is 2.50. The van der Waals surface area contributed by atoms with E-state index in [0.29, 0.717) is 65.0 Å². The summed E-state index contributed by atoms with van der Waals surface area (Å²) in [5.74, 6) is 0.598. The average Bonchev–Trinajstić information content (AvgIpc) is 3.66. The second kappa shape index (κ2) is 10.5. The summed E-state index contributed by atoms with van der Waals surface area (Å²) < 4.78 is 30.9. The molecule has 1 saturated carbocycles. The Morgan fingerprint density at radius 1 is 1.20 bits per heavy atom. The van der Waals surface area contributed by atoms with Crippen molar-refractivity contribution in [2.24, 2.45) is 12.5 Å². The Bertz CT molecular complexity index is 1880. The molecule has 2 N–H and O–H groups in total. The van der Waals surface area contributed by atoms with Gasteiger partial charge in [-0.1, -0.05) is 45.1 Å². The van der Waals surface area contributed by atoms with Gasteiger partial charge in [-0.15, -0.1) is 5.10 Å². The number of fused-ring (bicyclic) bond motifs is 2. The molecule has 0 aliphatic heterocycles. The van der Waals surface area contributed by atoms with Crippen LogP contribution >= 0.6 is 0 Å². The third-order valence-corrected chi connectivity index (χ3v) is 8.77. The molecule has 10 nitrogen and oxygen atoms in total. The summed E-state index contributed by atoms with van der Waals surface area (Å²) in [6.45, 7) is 9.00. The Balaban J connectivity index is 1.49. The minimum Gasteiger partial charge on any atom is -0.376 e. The second-order valence-corrected chi connectivity index (χ2v) is 13.3. The van der Waals surface area contributed by atoms with Gasteiger partial charge in [0.1, 0.15) is 29.4 Å². The lowest BCUT2D eigenvalue weighted by atomic mass is 9.68. The molecule has 4 aromatic rings. The van der Waals surface area contributed by atoms with E-state index in [1.54, 1.807) is 25.5 Å². The fourth-order valence-corrected chi connectivity index (χ4v) is 5.97. The predicted molar refractivity (Wildman–Crippen MR) is 164 cm³/mol. The number of halogens is 2. The van der Waals surface area contributed by atoms with Crippen LogP contribution < -0.4 is 16.2 Å². The molecule has 0 saturated heterocycles. The number of nitrogens with one attached hydrogen (secondary N) is 2. The molecule has 1 aromatic carbocycles. The number of benzene rings is 1. The zero-order valence-corrected chi connectivity index (χ0v) is 25.4. The average molecular weight is 600 g/mol. The van der Waals surface area contributed by atoms with E-state index in [1.807, 2.05) is 31.2 Å². The van der Waals surface area contributed by atoms with Gasteiger partial charge in [0, 0.05) is 41.8 Å². The summed E-state index contributed by atoms with van der Waals surface area (Å²) in [6, 6.07) is 7.17. The number of aromatic nitrogens is 6. The highest BCUT2D eigenvalue weighted by molar-refractivity contribution is 5.95. The maximum atomic E-state index is 14.0. The molecule has 0 spiro atoms. The lowest BCUT2D eigenvalue weighted by Crippen LogP contribution is -2.39. The van der Waals surface area contributed by atoms with Crippen molar-refractivity contribution >= 4 is 28.5 Å². The zero-order valence-electron chi connectivity index (χ0n) is 25.4. The molecule has 228 valence electrons. The molecular weight excluding hydrogens is 564 g/mol. The summed E-state index contributed by atoms with van der Waals surface area (Å²) in [5, 5.41) is 26.3. The number of hydrogen-bond acceptors (Lipinski definition) is 8. The maximum Gasteiger partial charge on any atom is 0.263 e. The molecule has 6 rings (SSSR count). The van der Waals surface area contributed by atoms with Crippen molar-refractivity contribution in [3.8, 4) is 6.07 Å². The molecule has 0 amide bonds. The van der Waals surface area contributed by atoms with Crippen LogP contribution in [0.15, 0.2) is 47.8 Å². The Morgan fingerprint density at radius 2 is 1.98 bits per heavy atom. The number of nitriles is 1. The summed E-state index contributed by atoms with van der Waals surface area (Å²) in [7, 11) is 1.70. The minimum atomic E-state index is -2.57. The second-order valence-electron chi connectivity index (χ2n) is 13.3. The lowest BCUT2D eigenvalue weighted by molar-refractivity contribution is 0.0593. The number of allylic oxidation sites excluding steroid dienone is 1. The van der Waals surface area contributed by atoms with Gasteiger partial charge >= 0.3 is 0 Å². The molecule has 1 unspecified atom stereocenters. The summed E-state index contributed by atoms with van der Waals surface area (Å²) >= 11 is 0. The van der Waals surface area contributed by atoms with E-state index in [2.05, 4.69) is 57.8 Å². The number of nitrogens with zero attached hydrogens (tertiary/aromatic N) is 7. The van der Waals surface area contributed by atoms with Crippen molar-refractivity contribution in [3.63, 3.8) is 0 Å². The van der Waals surface area contributed by atoms with Crippen molar-refractivity contribution in [3.05, 3.63) is 75.7 Å². The summed E-state index contributed by atoms with van der Waals surface area (Å²) in [5.41, 5.74) is 1.05. The third kappa shape index (κ3) is 5.00. The van der Waals surface area contributed by atoms with Gasteiger partial charge in [0.05, 0.1) is 23.3 Å². The molecule has 44 heavy (non-hydrogen) atoms. The van der Waals surface area contributed by atoms with Gasteiger partial charge in [0.25, 0.3) is 12.0 Å². The molecule has 0 radical (unpaired) electrons. The van der Waals surface area contributed by atoms with Gasteiger partial charge in [-0.3, -0.25) is 4.79 Å². The predicted octanol–water partition coefficient (Wildman–Crippen LogP) is 5.53. The van der Waals surface area contributed by atoms with Crippen LogP contribution in [0.1, 0.15) is 75.4 Å². The molecule has 2 aliphatic carbocycles. The van der Waals surface area contributed by atoms with Crippen LogP contribution in [-0.4, -0.2) is 42.5 Å². The number of aryl methyl sites for hydroxylation is 1. The Morgan fingerprint density at radius 3 is 2.66 bits per heavy atom. The highest BCUT2D eigenvalue weighted by Gasteiger charge is 2.54. The van der Waals surface area contributed by atoms with Crippen LogP contribution in [0.25, 0.3) is 17.0 Å². The van der Waals surface area contributed by atoms with Crippen LogP contribution in [0.4, 0.5) is 20.3 Å². The molecule has 2 atom stereocenters. The van der Waals surface area contributed by atoms with E-state index in [0.717, 1.165) is 5.56 Å². The number of rotatable bonds is 8. The van der Waals surface area contributed by atoms with E-state index >= 15 is 0 Å². The number of pyridine rings is 1. The molecule has 2 aliphatic rings. The van der Waals surface area contributed by atoms with Gasteiger partial charge < -0.3 is 15.2 Å². The van der Waals surface area contributed by atoms with Crippen molar-refractivity contribution in [1.29, 1.82) is 5.26 Å². The summed E-state index contributed by atoms with van der Waals surface area (Å²) in [4.78, 5) is 22.0. The minimum absolute atomic E-state index is 0.0210. The first-order valence-corrected chi connectivity index (χ1v) is 14.6. The van der Waals surface area contributed by atoms with Crippen LogP contribution in [0, 0.1) is 16.7 Å². The van der Waals surface area contributed by atoms with Gasteiger partial charge in [-0.25, -0.2) is 23.4 Å². The molecule has 12 heteroatoms. The van der Waals surface area contributed by atoms with Crippen LogP contribution in [-0.2, 0) is 18.0 Å². The first-order chi connectivity index (χ1) is 20.9. The first kappa shape index (κ1) is 29.4. The quantitative estimate of drug-likeness (QED) is 0.271. The highest BCUT2D eigenvalue weighted by atomic mass is 19.3. The lowest BCUT2D eigenvalue weighted by Gasteiger charge is -2.40. The molecular formula is C32H35F2N9O. The summed E-state index contributed by atoms with van der Waals surface area (Å²) in [6.07, 6.45) is 7.16. The van der Waals surface area contributed by atoms with Crippen molar-refractivity contribution in [2.75, 3.05) is 17.2 Å². The van der Waals surface area contributed by atoms with Gasteiger partial charge in [-0.05, 0) is 48.4 Å². The van der Waals surface area contributed by atoms with Crippen molar-refractivity contribution in [2.45, 2.75) is 70.4 Å². The molecule has 3 heterocycles. The Kier molecular flexibility index (Phi) is 7.02. The SMILES string of the molecule is Cn1ccc2c(c1=O)C=CCC2(C)[C@H](Nc1cc(C#N)c2ncnc(NCC(C)(C)C)c2c1)c1cn(C2(C(F)F)CC2)nn1. The fourth-order valence-electron chi connectivity index (χ4n) is 5.97. The van der Waals surface area contributed by atoms with Crippen LogP contribution in [0.2, 0.25) is 0 Å². The van der Waals surface area contributed by atoms with Crippen molar-refractivity contribution < 1.29 is 8.78 Å². The first-order valence-electron chi connectivity index (χ1n) is 14.6. The number of hydrogen-bond donors (Lipinski definition) is 2. The Labute approximate surface area is 253 Å². The fraction of sp³-hybridized carbons (Fsp3) is 0.438. The third-order valence-electron chi connectivity index (χ3n) is 8.77. The number of anilines is 2. The van der Waals surface area contributed by atoms with E-state index in [1.165, 1.54) is 15.6 Å². The molecule has 1 fully saturated rings. The molecule has 0 bridgehead atoms. The van der Waals surface area contributed by atoms with E-state index < -0.39 is 23.4 Å². The zero-order chi connectivity index (χ0) is 31.4. The van der Waals surface area contributed by atoms with Gasteiger partial charge in [0.2, 0.25) is 0 Å².